The number of aliphatic carboxylic acids is 1. The quantitative estimate of drug-likeness (QED) is 0.918. The van der Waals surface area contributed by atoms with Gasteiger partial charge < -0.3 is 14.6 Å². The zero-order valence-corrected chi connectivity index (χ0v) is 10.9. The monoisotopic (exact) mass is 270 g/mol. The van der Waals surface area contributed by atoms with Gasteiger partial charge in [0.2, 0.25) is 0 Å². The molecule has 1 aromatic rings. The van der Waals surface area contributed by atoms with E-state index >= 15 is 0 Å². The highest BCUT2D eigenvalue weighted by Crippen LogP contribution is 2.35. The van der Waals surface area contributed by atoms with E-state index < -0.39 is 11.9 Å². The molecule has 98 valence electrons. The molecule has 18 heavy (non-hydrogen) atoms. The molecular formula is C13H15ClO4. The van der Waals surface area contributed by atoms with Gasteiger partial charge in [0.25, 0.3) is 0 Å². The van der Waals surface area contributed by atoms with Gasteiger partial charge in [-0.1, -0.05) is 18.5 Å². The summed E-state index contributed by atoms with van der Waals surface area (Å²) in [6.45, 7) is 2.86. The molecule has 1 heterocycles. The zero-order chi connectivity index (χ0) is 13.1. The van der Waals surface area contributed by atoms with Crippen molar-refractivity contribution in [2.45, 2.75) is 19.8 Å². The second-order valence-electron chi connectivity index (χ2n) is 4.38. The first-order chi connectivity index (χ1) is 8.58. The summed E-state index contributed by atoms with van der Waals surface area (Å²) >= 11 is 6.13. The van der Waals surface area contributed by atoms with Crippen LogP contribution in [0.5, 0.6) is 11.5 Å². The third kappa shape index (κ3) is 2.88. The van der Waals surface area contributed by atoms with Crippen LogP contribution in [0.3, 0.4) is 0 Å². The van der Waals surface area contributed by atoms with Crippen molar-refractivity contribution in [1.82, 2.24) is 0 Å². The Morgan fingerprint density at radius 3 is 2.61 bits per heavy atom. The number of hydrogen-bond donors (Lipinski definition) is 1. The molecule has 0 aromatic heterocycles. The van der Waals surface area contributed by atoms with Gasteiger partial charge in [-0.25, -0.2) is 0 Å². The molecule has 1 aliphatic rings. The van der Waals surface area contributed by atoms with Gasteiger partial charge in [-0.3, -0.25) is 4.79 Å². The SMILES string of the molecule is CC(Cc1cc2c(cc1Cl)OCCCO2)C(=O)O. The molecule has 4 nitrogen and oxygen atoms in total. The van der Waals surface area contributed by atoms with Gasteiger partial charge >= 0.3 is 5.97 Å². The molecule has 1 aliphatic heterocycles. The van der Waals surface area contributed by atoms with E-state index in [4.69, 9.17) is 26.2 Å². The lowest BCUT2D eigenvalue weighted by molar-refractivity contribution is -0.141. The van der Waals surface area contributed by atoms with E-state index in [0.29, 0.717) is 36.2 Å². The number of ether oxygens (including phenoxy) is 2. The fourth-order valence-corrected chi connectivity index (χ4v) is 2.03. The summed E-state index contributed by atoms with van der Waals surface area (Å²) in [6, 6.07) is 3.48. The molecule has 0 fully saturated rings. The minimum Gasteiger partial charge on any atom is -0.490 e. The van der Waals surface area contributed by atoms with E-state index in [1.165, 1.54) is 0 Å². The topological polar surface area (TPSA) is 55.8 Å². The number of carbonyl (C=O) groups is 1. The number of halogens is 1. The summed E-state index contributed by atoms with van der Waals surface area (Å²) in [6.07, 6.45) is 1.21. The van der Waals surface area contributed by atoms with Crippen molar-refractivity contribution >= 4 is 17.6 Å². The molecule has 0 radical (unpaired) electrons. The van der Waals surface area contributed by atoms with E-state index in [9.17, 15) is 4.79 Å². The molecular weight excluding hydrogens is 256 g/mol. The molecule has 0 bridgehead atoms. The van der Waals surface area contributed by atoms with E-state index in [2.05, 4.69) is 0 Å². The van der Waals surface area contributed by atoms with Gasteiger partial charge in [-0.05, 0) is 18.1 Å². The van der Waals surface area contributed by atoms with Crippen LogP contribution in [0, 0.1) is 5.92 Å². The lowest BCUT2D eigenvalue weighted by Gasteiger charge is -2.13. The largest absolute Gasteiger partial charge is 0.490 e. The maximum Gasteiger partial charge on any atom is 0.306 e. The van der Waals surface area contributed by atoms with Crippen molar-refractivity contribution in [1.29, 1.82) is 0 Å². The Morgan fingerprint density at radius 2 is 2.00 bits per heavy atom. The standard InChI is InChI=1S/C13H15ClO4/c1-8(13(15)16)5-9-6-11-12(7-10(9)14)18-4-2-3-17-11/h6-8H,2-5H2,1H3,(H,15,16). The molecule has 0 amide bonds. The Balaban J connectivity index is 2.26. The van der Waals surface area contributed by atoms with Crippen LogP contribution < -0.4 is 9.47 Å². The molecule has 1 aromatic carbocycles. The van der Waals surface area contributed by atoms with Crippen molar-refractivity contribution in [3.8, 4) is 11.5 Å². The predicted octanol–water partition coefficient (Wildman–Crippen LogP) is 2.76. The van der Waals surface area contributed by atoms with Crippen LogP contribution in [0.25, 0.3) is 0 Å². The minimum atomic E-state index is -0.835. The van der Waals surface area contributed by atoms with Crippen LogP contribution in [0.1, 0.15) is 18.9 Å². The Bertz CT molecular complexity index is 459. The van der Waals surface area contributed by atoms with Gasteiger partial charge in [-0.2, -0.15) is 0 Å². The summed E-state index contributed by atoms with van der Waals surface area (Å²) < 4.78 is 11.1. The van der Waals surface area contributed by atoms with Crippen molar-refractivity contribution in [3.63, 3.8) is 0 Å². The second kappa shape index (κ2) is 5.48. The molecule has 0 spiro atoms. The Hall–Kier alpha value is -1.42. The first-order valence-corrected chi connectivity index (χ1v) is 6.26. The van der Waals surface area contributed by atoms with E-state index in [-0.39, 0.29) is 0 Å². The zero-order valence-electron chi connectivity index (χ0n) is 10.1. The van der Waals surface area contributed by atoms with Gasteiger partial charge in [0.05, 0.1) is 19.1 Å². The highest BCUT2D eigenvalue weighted by molar-refractivity contribution is 6.31. The number of fused-ring (bicyclic) bond motifs is 1. The number of carboxylic acid groups (broad SMARTS) is 1. The number of carboxylic acids is 1. The van der Waals surface area contributed by atoms with E-state index in [0.717, 1.165) is 12.0 Å². The smallest absolute Gasteiger partial charge is 0.306 e. The van der Waals surface area contributed by atoms with Crippen molar-refractivity contribution in [2.75, 3.05) is 13.2 Å². The maximum absolute atomic E-state index is 10.9. The third-order valence-corrected chi connectivity index (χ3v) is 3.22. The molecule has 1 atom stereocenters. The van der Waals surface area contributed by atoms with Crippen LogP contribution >= 0.6 is 11.6 Å². The van der Waals surface area contributed by atoms with Gasteiger partial charge in [-0.15, -0.1) is 0 Å². The average molecular weight is 271 g/mol. The minimum absolute atomic E-state index is 0.380. The predicted molar refractivity (Wildman–Crippen MR) is 67.6 cm³/mol. The normalized spacial score (nSPS) is 15.9. The molecule has 1 unspecified atom stereocenters. The Morgan fingerprint density at radius 1 is 1.39 bits per heavy atom. The summed E-state index contributed by atoms with van der Waals surface area (Å²) in [5.41, 5.74) is 0.774. The Labute approximate surface area is 110 Å². The molecule has 0 saturated heterocycles. The van der Waals surface area contributed by atoms with Crippen molar-refractivity contribution in [2.24, 2.45) is 5.92 Å². The summed E-state index contributed by atoms with van der Waals surface area (Å²) in [7, 11) is 0. The van der Waals surface area contributed by atoms with Crippen molar-refractivity contribution in [3.05, 3.63) is 22.7 Å². The third-order valence-electron chi connectivity index (χ3n) is 2.86. The van der Waals surface area contributed by atoms with E-state index in [1.54, 1.807) is 19.1 Å². The number of rotatable bonds is 3. The van der Waals surface area contributed by atoms with Crippen LogP contribution in [0.15, 0.2) is 12.1 Å². The summed E-state index contributed by atoms with van der Waals surface area (Å²) in [5, 5.41) is 9.44. The second-order valence-corrected chi connectivity index (χ2v) is 4.79. The number of hydrogen-bond acceptors (Lipinski definition) is 3. The molecule has 5 heteroatoms. The van der Waals surface area contributed by atoms with Crippen LogP contribution in [0.2, 0.25) is 5.02 Å². The van der Waals surface area contributed by atoms with Crippen LogP contribution in [0.4, 0.5) is 0 Å². The summed E-state index contributed by atoms with van der Waals surface area (Å²) in [5.74, 6) is -0.0425. The van der Waals surface area contributed by atoms with Gasteiger partial charge in [0, 0.05) is 17.5 Å². The molecule has 0 saturated carbocycles. The lowest BCUT2D eigenvalue weighted by atomic mass is 10.0. The van der Waals surface area contributed by atoms with Gasteiger partial charge in [0.1, 0.15) is 0 Å². The van der Waals surface area contributed by atoms with Gasteiger partial charge in [0.15, 0.2) is 11.5 Å². The molecule has 1 N–H and O–H groups in total. The number of benzene rings is 1. The van der Waals surface area contributed by atoms with Crippen LogP contribution in [-0.4, -0.2) is 24.3 Å². The van der Waals surface area contributed by atoms with Crippen LogP contribution in [-0.2, 0) is 11.2 Å². The Kier molecular flexibility index (Phi) is 3.97. The fourth-order valence-electron chi connectivity index (χ4n) is 1.80. The first kappa shape index (κ1) is 13.0. The lowest BCUT2D eigenvalue weighted by Crippen LogP contribution is -2.12. The van der Waals surface area contributed by atoms with E-state index in [1.807, 2.05) is 0 Å². The maximum atomic E-state index is 10.9. The highest BCUT2D eigenvalue weighted by Gasteiger charge is 2.18. The summed E-state index contributed by atoms with van der Waals surface area (Å²) in [4.78, 5) is 10.9. The first-order valence-electron chi connectivity index (χ1n) is 5.88. The molecule has 2 rings (SSSR count). The highest BCUT2D eigenvalue weighted by atomic mass is 35.5. The molecule has 0 aliphatic carbocycles. The van der Waals surface area contributed by atoms with Crippen molar-refractivity contribution < 1.29 is 19.4 Å². The fraction of sp³-hybridized carbons (Fsp3) is 0.462. The average Bonchev–Trinajstić information content (AvgIpc) is 2.54.